The second kappa shape index (κ2) is 10.6. The van der Waals surface area contributed by atoms with Crippen LogP contribution < -0.4 is 10.1 Å². The van der Waals surface area contributed by atoms with Gasteiger partial charge in [0.05, 0.1) is 12.0 Å². The number of ether oxygens (including phenoxy) is 1. The van der Waals surface area contributed by atoms with Crippen LogP contribution in [0.4, 0.5) is 5.13 Å². The van der Waals surface area contributed by atoms with Gasteiger partial charge in [0.15, 0.2) is 22.2 Å². The molecule has 1 amide bonds. The number of methoxy groups -OCH3 is 1. The van der Waals surface area contributed by atoms with Crippen molar-refractivity contribution >= 4 is 43.4 Å². The number of sulfonamides is 1. The maximum absolute atomic E-state index is 12.9. The van der Waals surface area contributed by atoms with Crippen LogP contribution >= 0.6 is 11.3 Å². The molecule has 0 unspecified atom stereocenters. The number of fused-ring (bicyclic) bond motifs is 1. The average Bonchev–Trinajstić information content (AvgIpc) is 3.50. The van der Waals surface area contributed by atoms with Gasteiger partial charge in [-0.25, -0.2) is 13.4 Å². The highest BCUT2D eigenvalue weighted by molar-refractivity contribution is 7.89. The standard InChI is InChI=1S/C25H27N3O5S2/c1-4-13-28(14-5-2)35(30,31)19-11-9-17(10-12-19)24(29)27-25-26-20(16-34-25)22-15-18-7-6-8-21(32-3)23(18)33-22/h6-12,15-16H,4-5,13-14H2,1-3H3,(H,26,27,29). The van der Waals surface area contributed by atoms with Gasteiger partial charge in [-0.15, -0.1) is 11.3 Å². The molecule has 0 spiro atoms. The normalized spacial score (nSPS) is 11.8. The molecule has 184 valence electrons. The van der Waals surface area contributed by atoms with Gasteiger partial charge in [-0.05, 0) is 49.2 Å². The Morgan fingerprint density at radius 2 is 1.83 bits per heavy atom. The Hall–Kier alpha value is -3.21. The summed E-state index contributed by atoms with van der Waals surface area (Å²) in [5, 5.41) is 5.87. The van der Waals surface area contributed by atoms with E-state index in [0.717, 1.165) is 18.2 Å². The second-order valence-corrected chi connectivity index (χ2v) is 10.7. The molecule has 0 fully saturated rings. The molecule has 0 atom stereocenters. The minimum absolute atomic E-state index is 0.174. The van der Waals surface area contributed by atoms with Gasteiger partial charge in [0, 0.05) is 29.4 Å². The van der Waals surface area contributed by atoms with Crippen molar-refractivity contribution in [2.75, 3.05) is 25.5 Å². The number of hydrogen-bond donors (Lipinski definition) is 1. The van der Waals surface area contributed by atoms with Crippen LogP contribution in [0.25, 0.3) is 22.4 Å². The van der Waals surface area contributed by atoms with Crippen LogP contribution in [-0.4, -0.2) is 43.8 Å². The van der Waals surface area contributed by atoms with E-state index in [1.165, 1.54) is 39.9 Å². The number of nitrogens with zero attached hydrogens (tertiary/aromatic N) is 2. The predicted octanol–water partition coefficient (Wildman–Crippen LogP) is 5.63. The summed E-state index contributed by atoms with van der Waals surface area (Å²) < 4.78 is 38.6. The zero-order valence-electron chi connectivity index (χ0n) is 19.8. The molecular weight excluding hydrogens is 486 g/mol. The Bertz CT molecular complexity index is 1420. The second-order valence-electron chi connectivity index (χ2n) is 7.91. The van der Waals surface area contributed by atoms with Gasteiger partial charge in [0.2, 0.25) is 10.0 Å². The smallest absolute Gasteiger partial charge is 0.257 e. The van der Waals surface area contributed by atoms with E-state index in [1.807, 2.05) is 38.1 Å². The molecule has 8 nitrogen and oxygen atoms in total. The summed E-state index contributed by atoms with van der Waals surface area (Å²) in [6, 6.07) is 13.5. The van der Waals surface area contributed by atoms with E-state index < -0.39 is 10.0 Å². The Morgan fingerprint density at radius 1 is 1.11 bits per heavy atom. The van der Waals surface area contributed by atoms with Gasteiger partial charge in [0.1, 0.15) is 5.69 Å². The summed E-state index contributed by atoms with van der Waals surface area (Å²) in [5.74, 6) is 0.829. The summed E-state index contributed by atoms with van der Waals surface area (Å²) in [4.78, 5) is 17.4. The SMILES string of the molecule is CCCN(CCC)S(=O)(=O)c1ccc(C(=O)Nc2nc(-c3cc4cccc(OC)c4o3)cs2)cc1. The van der Waals surface area contributed by atoms with Crippen LogP contribution in [0.15, 0.2) is 63.2 Å². The molecule has 4 aromatic rings. The molecule has 0 saturated carbocycles. The van der Waals surface area contributed by atoms with Gasteiger partial charge in [-0.1, -0.05) is 26.0 Å². The van der Waals surface area contributed by atoms with Crippen molar-refractivity contribution in [3.05, 3.63) is 59.5 Å². The first-order valence-electron chi connectivity index (χ1n) is 11.3. The van der Waals surface area contributed by atoms with Crippen molar-refractivity contribution in [2.24, 2.45) is 0 Å². The Balaban J connectivity index is 1.48. The molecule has 0 aliphatic carbocycles. The minimum Gasteiger partial charge on any atom is -0.493 e. The minimum atomic E-state index is -3.60. The van der Waals surface area contributed by atoms with Crippen LogP contribution in [-0.2, 0) is 10.0 Å². The fourth-order valence-corrected chi connectivity index (χ4v) is 6.03. The monoisotopic (exact) mass is 513 g/mol. The quantitative estimate of drug-likeness (QED) is 0.295. The Labute approximate surface area is 208 Å². The van der Waals surface area contributed by atoms with Crippen LogP contribution in [0.3, 0.4) is 0 Å². The summed E-state index contributed by atoms with van der Waals surface area (Å²) in [5.41, 5.74) is 1.57. The van der Waals surface area contributed by atoms with Gasteiger partial charge >= 0.3 is 0 Å². The van der Waals surface area contributed by atoms with Crippen molar-refractivity contribution in [1.29, 1.82) is 0 Å². The average molecular weight is 514 g/mol. The molecule has 0 radical (unpaired) electrons. The maximum Gasteiger partial charge on any atom is 0.257 e. The molecule has 0 bridgehead atoms. The third kappa shape index (κ3) is 5.24. The fraction of sp³-hybridized carbons (Fsp3) is 0.280. The number of carbonyl (C=O) groups excluding carboxylic acids is 1. The van der Waals surface area contributed by atoms with E-state index in [4.69, 9.17) is 9.15 Å². The molecule has 2 aromatic carbocycles. The first kappa shape index (κ1) is 24.9. The van der Waals surface area contributed by atoms with Crippen molar-refractivity contribution in [1.82, 2.24) is 9.29 Å². The highest BCUT2D eigenvalue weighted by atomic mass is 32.2. The van der Waals surface area contributed by atoms with E-state index in [0.29, 0.717) is 46.6 Å². The first-order valence-corrected chi connectivity index (χ1v) is 13.6. The number of thiazole rings is 1. The number of aromatic nitrogens is 1. The molecule has 2 aromatic heterocycles. The molecule has 10 heteroatoms. The van der Waals surface area contributed by atoms with Crippen molar-refractivity contribution < 1.29 is 22.4 Å². The van der Waals surface area contributed by atoms with E-state index >= 15 is 0 Å². The van der Waals surface area contributed by atoms with Crippen molar-refractivity contribution in [2.45, 2.75) is 31.6 Å². The largest absolute Gasteiger partial charge is 0.493 e. The van der Waals surface area contributed by atoms with E-state index in [9.17, 15) is 13.2 Å². The molecule has 4 rings (SSSR count). The number of carbonyl (C=O) groups is 1. The number of anilines is 1. The number of benzene rings is 2. The summed E-state index contributed by atoms with van der Waals surface area (Å²) in [6.45, 7) is 4.81. The lowest BCUT2D eigenvalue weighted by Gasteiger charge is -2.21. The lowest BCUT2D eigenvalue weighted by Crippen LogP contribution is -2.32. The van der Waals surface area contributed by atoms with E-state index in [2.05, 4.69) is 10.3 Å². The van der Waals surface area contributed by atoms with E-state index in [-0.39, 0.29) is 10.8 Å². The van der Waals surface area contributed by atoms with E-state index in [1.54, 1.807) is 12.5 Å². The Morgan fingerprint density at radius 3 is 2.49 bits per heavy atom. The third-order valence-corrected chi connectivity index (χ3v) is 8.08. The number of hydrogen-bond acceptors (Lipinski definition) is 7. The number of rotatable bonds is 10. The molecule has 35 heavy (non-hydrogen) atoms. The topological polar surface area (TPSA) is 102 Å². The predicted molar refractivity (Wildman–Crippen MR) is 138 cm³/mol. The molecule has 1 N–H and O–H groups in total. The lowest BCUT2D eigenvalue weighted by molar-refractivity contribution is 0.102. The van der Waals surface area contributed by atoms with Crippen LogP contribution in [0, 0.1) is 0 Å². The van der Waals surface area contributed by atoms with Crippen molar-refractivity contribution in [3.8, 4) is 17.2 Å². The molecule has 2 heterocycles. The molecule has 0 aliphatic rings. The zero-order chi connectivity index (χ0) is 25.0. The number of nitrogens with one attached hydrogen (secondary N) is 1. The number of furan rings is 1. The van der Waals surface area contributed by atoms with Gasteiger partial charge in [-0.2, -0.15) is 4.31 Å². The molecule has 0 aliphatic heterocycles. The van der Waals surface area contributed by atoms with Crippen molar-refractivity contribution in [3.63, 3.8) is 0 Å². The van der Waals surface area contributed by atoms with Gasteiger partial charge in [0.25, 0.3) is 5.91 Å². The number of para-hydroxylation sites is 1. The Kier molecular flexibility index (Phi) is 7.54. The first-order chi connectivity index (χ1) is 16.9. The summed E-state index contributed by atoms with van der Waals surface area (Å²) in [6.07, 6.45) is 1.47. The molecular formula is C25H27N3O5S2. The zero-order valence-corrected chi connectivity index (χ0v) is 21.4. The maximum atomic E-state index is 12.9. The van der Waals surface area contributed by atoms with Gasteiger partial charge < -0.3 is 9.15 Å². The highest BCUT2D eigenvalue weighted by Crippen LogP contribution is 2.34. The van der Waals surface area contributed by atoms with Crippen LogP contribution in [0.2, 0.25) is 0 Å². The summed E-state index contributed by atoms with van der Waals surface area (Å²) in [7, 11) is -2.01. The highest BCUT2D eigenvalue weighted by Gasteiger charge is 2.23. The lowest BCUT2D eigenvalue weighted by atomic mass is 10.2. The molecule has 0 saturated heterocycles. The fourth-order valence-electron chi connectivity index (χ4n) is 3.72. The van der Waals surface area contributed by atoms with Crippen LogP contribution in [0.5, 0.6) is 5.75 Å². The number of amides is 1. The van der Waals surface area contributed by atoms with Crippen LogP contribution in [0.1, 0.15) is 37.0 Å². The third-order valence-electron chi connectivity index (χ3n) is 5.41. The summed E-state index contributed by atoms with van der Waals surface area (Å²) >= 11 is 1.27. The van der Waals surface area contributed by atoms with Gasteiger partial charge in [-0.3, -0.25) is 10.1 Å².